The number of esters is 2. The molecule has 1 aliphatic rings. The molecular weight excluding hydrogens is 368 g/mol. The van der Waals surface area contributed by atoms with Gasteiger partial charge in [-0.05, 0) is 24.3 Å². The van der Waals surface area contributed by atoms with Crippen molar-refractivity contribution < 1.29 is 39.1 Å². The lowest BCUT2D eigenvalue weighted by Crippen LogP contribution is -2.60. The number of hydrogen-bond donors (Lipinski definition) is 3. The molecule has 0 spiro atoms. The largest absolute Gasteiger partial charge is 0.459 e. The summed E-state index contributed by atoms with van der Waals surface area (Å²) in [5, 5.41) is 30.4. The molecule has 1 heterocycles. The second kappa shape index (κ2) is 8.94. The third kappa shape index (κ3) is 4.55. The van der Waals surface area contributed by atoms with Gasteiger partial charge in [0.05, 0.1) is 11.1 Å². The summed E-state index contributed by atoms with van der Waals surface area (Å²) in [6.07, 6.45) is -7.56. The maximum Gasteiger partial charge on any atom is 0.338 e. The maximum atomic E-state index is 12.2. The van der Waals surface area contributed by atoms with Crippen LogP contribution in [0.25, 0.3) is 0 Å². The third-order valence-corrected chi connectivity index (χ3v) is 4.30. The molecule has 3 rings (SSSR count). The van der Waals surface area contributed by atoms with Gasteiger partial charge in [0.15, 0.2) is 12.4 Å². The number of aliphatic hydroxyl groups excluding tert-OH is 3. The predicted molar refractivity (Wildman–Crippen MR) is 95.3 cm³/mol. The molecule has 0 radical (unpaired) electrons. The van der Waals surface area contributed by atoms with Crippen molar-refractivity contribution in [2.75, 3.05) is 6.61 Å². The summed E-state index contributed by atoms with van der Waals surface area (Å²) in [6.45, 7) is -0.405. The summed E-state index contributed by atoms with van der Waals surface area (Å²) >= 11 is 0. The maximum absolute atomic E-state index is 12.2. The summed E-state index contributed by atoms with van der Waals surface area (Å²) in [6, 6.07) is 16.2. The Morgan fingerprint density at radius 3 is 1.93 bits per heavy atom. The van der Waals surface area contributed by atoms with E-state index in [1.165, 1.54) is 12.1 Å². The lowest BCUT2D eigenvalue weighted by molar-refractivity contribution is -0.285. The topological polar surface area (TPSA) is 123 Å². The van der Waals surface area contributed by atoms with Crippen LogP contribution in [0.1, 0.15) is 20.7 Å². The van der Waals surface area contributed by atoms with Gasteiger partial charge in [-0.15, -0.1) is 0 Å². The SMILES string of the molecule is O=C(OC[C@H]1O[C@@H](O)[C@@H](O)[C@@H](OC(=O)c2ccccc2)[C@@H]1O)c1ccccc1. The number of aliphatic hydroxyl groups is 3. The van der Waals surface area contributed by atoms with E-state index >= 15 is 0 Å². The molecule has 1 fully saturated rings. The van der Waals surface area contributed by atoms with E-state index in [1.807, 2.05) is 0 Å². The molecular formula is C20H20O8. The molecule has 2 aromatic rings. The zero-order chi connectivity index (χ0) is 20.1. The number of carbonyl (C=O) groups excluding carboxylic acids is 2. The number of benzene rings is 2. The molecule has 1 saturated heterocycles. The molecule has 28 heavy (non-hydrogen) atoms. The average molecular weight is 388 g/mol. The summed E-state index contributed by atoms with van der Waals surface area (Å²) in [7, 11) is 0. The number of carbonyl (C=O) groups is 2. The highest BCUT2D eigenvalue weighted by Crippen LogP contribution is 2.24. The smallest absolute Gasteiger partial charge is 0.338 e. The molecule has 0 saturated carbocycles. The van der Waals surface area contributed by atoms with Gasteiger partial charge < -0.3 is 29.5 Å². The van der Waals surface area contributed by atoms with Gasteiger partial charge in [0.2, 0.25) is 0 Å². The molecule has 0 aromatic heterocycles. The minimum Gasteiger partial charge on any atom is -0.459 e. The van der Waals surface area contributed by atoms with Gasteiger partial charge >= 0.3 is 11.9 Å². The lowest BCUT2D eigenvalue weighted by Gasteiger charge is -2.39. The molecule has 2 aromatic carbocycles. The van der Waals surface area contributed by atoms with Crippen molar-refractivity contribution in [2.45, 2.75) is 30.7 Å². The number of hydrogen-bond acceptors (Lipinski definition) is 8. The molecule has 0 aliphatic carbocycles. The van der Waals surface area contributed by atoms with Crippen LogP contribution in [-0.2, 0) is 14.2 Å². The van der Waals surface area contributed by atoms with Crippen LogP contribution in [0.4, 0.5) is 0 Å². The summed E-state index contributed by atoms with van der Waals surface area (Å²) in [5.41, 5.74) is 0.523. The van der Waals surface area contributed by atoms with E-state index < -0.39 is 49.3 Å². The highest BCUT2D eigenvalue weighted by molar-refractivity contribution is 5.89. The predicted octanol–water partition coefficient (Wildman–Crippen LogP) is 0.508. The van der Waals surface area contributed by atoms with Crippen molar-refractivity contribution in [3.63, 3.8) is 0 Å². The van der Waals surface area contributed by atoms with Gasteiger partial charge in [0.1, 0.15) is 24.9 Å². The second-order valence-corrected chi connectivity index (χ2v) is 6.25. The van der Waals surface area contributed by atoms with E-state index in [9.17, 15) is 24.9 Å². The van der Waals surface area contributed by atoms with Crippen LogP contribution >= 0.6 is 0 Å². The van der Waals surface area contributed by atoms with E-state index in [0.717, 1.165) is 0 Å². The number of ether oxygens (including phenoxy) is 3. The van der Waals surface area contributed by atoms with Gasteiger partial charge in [-0.2, -0.15) is 0 Å². The highest BCUT2D eigenvalue weighted by atomic mass is 16.7. The second-order valence-electron chi connectivity index (χ2n) is 6.25. The van der Waals surface area contributed by atoms with Gasteiger partial charge in [0, 0.05) is 0 Å². The van der Waals surface area contributed by atoms with Crippen LogP contribution in [0.5, 0.6) is 0 Å². The Hall–Kier alpha value is -2.78. The monoisotopic (exact) mass is 388 g/mol. The fourth-order valence-corrected chi connectivity index (χ4v) is 2.77. The molecule has 0 unspecified atom stereocenters. The first-order valence-electron chi connectivity index (χ1n) is 8.65. The molecule has 5 atom stereocenters. The zero-order valence-electron chi connectivity index (χ0n) is 14.8. The molecule has 1 aliphatic heterocycles. The fourth-order valence-electron chi connectivity index (χ4n) is 2.77. The first kappa shape index (κ1) is 20.0. The highest BCUT2D eigenvalue weighted by Gasteiger charge is 2.46. The first-order valence-corrected chi connectivity index (χ1v) is 8.65. The van der Waals surface area contributed by atoms with E-state index in [2.05, 4.69) is 0 Å². The van der Waals surface area contributed by atoms with Crippen LogP contribution < -0.4 is 0 Å². The molecule has 0 amide bonds. The molecule has 8 heteroatoms. The average Bonchev–Trinajstić information content (AvgIpc) is 2.73. The molecule has 3 N–H and O–H groups in total. The number of rotatable bonds is 5. The van der Waals surface area contributed by atoms with Gasteiger partial charge in [-0.25, -0.2) is 9.59 Å². The molecule has 8 nitrogen and oxygen atoms in total. The molecule has 148 valence electrons. The quantitative estimate of drug-likeness (QED) is 0.633. The minimum absolute atomic E-state index is 0.218. The Kier molecular flexibility index (Phi) is 6.37. The normalized spacial score (nSPS) is 27.0. The van der Waals surface area contributed by atoms with E-state index in [-0.39, 0.29) is 5.56 Å². The standard InChI is InChI=1S/C20H20O8/c21-15-14(11-26-18(23)12-7-3-1-4-8-12)27-20(25)16(22)17(15)28-19(24)13-9-5-2-6-10-13/h1-10,14-17,20-22,25H,11H2/t14-,15-,16+,17+,20-/m1/s1. The van der Waals surface area contributed by atoms with Crippen molar-refractivity contribution >= 4 is 11.9 Å². The van der Waals surface area contributed by atoms with E-state index in [1.54, 1.807) is 48.5 Å². The van der Waals surface area contributed by atoms with Crippen LogP contribution in [0, 0.1) is 0 Å². The Balaban J connectivity index is 1.65. The Bertz CT molecular complexity index is 794. The zero-order valence-corrected chi connectivity index (χ0v) is 14.8. The Morgan fingerprint density at radius 2 is 1.36 bits per heavy atom. The third-order valence-electron chi connectivity index (χ3n) is 4.30. The van der Waals surface area contributed by atoms with Crippen molar-refractivity contribution in [1.82, 2.24) is 0 Å². The van der Waals surface area contributed by atoms with Crippen LogP contribution in [-0.4, -0.2) is 64.6 Å². The first-order chi connectivity index (χ1) is 13.5. The van der Waals surface area contributed by atoms with Crippen molar-refractivity contribution in [3.8, 4) is 0 Å². The van der Waals surface area contributed by atoms with Crippen molar-refractivity contribution in [3.05, 3.63) is 71.8 Å². The van der Waals surface area contributed by atoms with Crippen molar-refractivity contribution in [1.29, 1.82) is 0 Å². The molecule has 0 bridgehead atoms. The van der Waals surface area contributed by atoms with Gasteiger partial charge in [-0.3, -0.25) is 0 Å². The fraction of sp³-hybridized carbons (Fsp3) is 0.300. The Morgan fingerprint density at radius 1 is 0.821 bits per heavy atom. The van der Waals surface area contributed by atoms with Gasteiger partial charge in [-0.1, -0.05) is 36.4 Å². The van der Waals surface area contributed by atoms with Gasteiger partial charge in [0.25, 0.3) is 0 Å². The van der Waals surface area contributed by atoms with E-state index in [4.69, 9.17) is 14.2 Å². The summed E-state index contributed by atoms with van der Waals surface area (Å²) < 4.78 is 15.4. The lowest BCUT2D eigenvalue weighted by atomic mass is 9.99. The van der Waals surface area contributed by atoms with Crippen LogP contribution in [0.15, 0.2) is 60.7 Å². The Labute approximate surface area is 160 Å². The van der Waals surface area contributed by atoms with Crippen molar-refractivity contribution in [2.24, 2.45) is 0 Å². The summed E-state index contributed by atoms with van der Waals surface area (Å²) in [5.74, 6) is -1.42. The minimum atomic E-state index is -1.72. The van der Waals surface area contributed by atoms with E-state index in [0.29, 0.717) is 5.56 Å². The van der Waals surface area contributed by atoms with Crippen LogP contribution in [0.2, 0.25) is 0 Å². The summed E-state index contributed by atoms with van der Waals surface area (Å²) in [4.78, 5) is 24.2. The van der Waals surface area contributed by atoms with Crippen LogP contribution in [0.3, 0.4) is 0 Å².